The van der Waals surface area contributed by atoms with Crippen molar-refractivity contribution in [1.29, 1.82) is 0 Å². The number of carbonyl (C=O) groups is 2. The molecule has 1 amide bonds. The maximum Gasteiger partial charge on any atom is 0.435 e. The number of aryl methyl sites for hydroxylation is 1. The minimum atomic E-state index is -4.65. The number of halogens is 3. The van der Waals surface area contributed by atoms with Gasteiger partial charge in [0.05, 0.1) is 17.7 Å². The van der Waals surface area contributed by atoms with Gasteiger partial charge in [-0.15, -0.1) is 0 Å². The largest absolute Gasteiger partial charge is 0.478 e. The van der Waals surface area contributed by atoms with Crippen molar-refractivity contribution in [3.8, 4) is 0 Å². The highest BCUT2D eigenvalue weighted by Crippen LogP contribution is 2.31. The average molecular weight is 440 g/mol. The van der Waals surface area contributed by atoms with Gasteiger partial charge in [0, 0.05) is 31.6 Å². The first-order chi connectivity index (χ1) is 14.6. The minimum absolute atomic E-state index is 0.0591. The summed E-state index contributed by atoms with van der Waals surface area (Å²) in [6.07, 6.45) is -4.59. The third kappa shape index (κ3) is 4.98. The second-order valence-corrected chi connectivity index (χ2v) is 7.21. The maximum absolute atomic E-state index is 13.1. The number of H-pyrrole nitrogens is 1. The van der Waals surface area contributed by atoms with Gasteiger partial charge in [-0.3, -0.25) is 4.79 Å². The van der Waals surface area contributed by atoms with E-state index >= 15 is 0 Å². The predicted molar refractivity (Wildman–Crippen MR) is 105 cm³/mol. The lowest BCUT2D eigenvalue weighted by atomic mass is 10.0. The highest BCUT2D eigenvalue weighted by Gasteiger charge is 2.38. The van der Waals surface area contributed by atoms with Crippen molar-refractivity contribution in [2.75, 3.05) is 25.1 Å². The molecule has 1 aromatic carbocycles. The van der Waals surface area contributed by atoms with Gasteiger partial charge < -0.3 is 25.0 Å². The predicted octanol–water partition coefficient (Wildman–Crippen LogP) is 2.71. The first-order valence-corrected chi connectivity index (χ1v) is 9.72. The quantitative estimate of drug-likeness (QED) is 0.638. The molecule has 1 aliphatic heterocycles. The molecule has 2 aromatic rings. The van der Waals surface area contributed by atoms with Gasteiger partial charge in [-0.05, 0) is 31.0 Å². The molecular weight excluding hydrogens is 417 g/mol. The number of imidazole rings is 1. The van der Waals surface area contributed by atoms with Gasteiger partial charge >= 0.3 is 12.1 Å². The number of nitrogens with zero attached hydrogens (tertiary/aromatic N) is 2. The van der Waals surface area contributed by atoms with Crippen LogP contribution in [0.15, 0.2) is 24.3 Å². The summed E-state index contributed by atoms with van der Waals surface area (Å²) in [5.74, 6) is -2.16. The number of ether oxygens (including phenoxy) is 1. The summed E-state index contributed by atoms with van der Waals surface area (Å²) in [6, 6.07) is 6.04. The molecule has 0 bridgehead atoms. The SMILES string of the molecule is CCc1[nH]c(C(=O)NC2CCN(c3cccc(C(=O)O)c3)CC2OC)nc1C(F)(F)F. The van der Waals surface area contributed by atoms with Crippen molar-refractivity contribution in [2.45, 2.75) is 38.1 Å². The van der Waals surface area contributed by atoms with E-state index in [9.17, 15) is 27.9 Å². The number of hydrogen-bond donors (Lipinski definition) is 3. The van der Waals surface area contributed by atoms with E-state index in [0.29, 0.717) is 25.2 Å². The Kier molecular flexibility index (Phi) is 6.54. The van der Waals surface area contributed by atoms with Crippen molar-refractivity contribution in [1.82, 2.24) is 15.3 Å². The highest BCUT2D eigenvalue weighted by molar-refractivity contribution is 5.91. The van der Waals surface area contributed by atoms with Crippen LogP contribution >= 0.6 is 0 Å². The van der Waals surface area contributed by atoms with Gasteiger partial charge in [-0.2, -0.15) is 13.2 Å². The molecule has 1 saturated heterocycles. The van der Waals surface area contributed by atoms with Crippen molar-refractivity contribution in [2.24, 2.45) is 0 Å². The number of carboxylic acid groups (broad SMARTS) is 1. The lowest BCUT2D eigenvalue weighted by molar-refractivity contribution is -0.141. The molecule has 0 saturated carbocycles. The molecule has 3 rings (SSSR count). The summed E-state index contributed by atoms with van der Waals surface area (Å²) < 4.78 is 44.8. The first-order valence-electron chi connectivity index (χ1n) is 9.72. The molecule has 11 heteroatoms. The Balaban J connectivity index is 1.71. The van der Waals surface area contributed by atoms with Gasteiger partial charge in [0.15, 0.2) is 11.5 Å². The second kappa shape index (κ2) is 8.96. The summed E-state index contributed by atoms with van der Waals surface area (Å²) in [5.41, 5.74) is -0.363. The van der Waals surface area contributed by atoms with Crippen LogP contribution in [0, 0.1) is 0 Å². The molecule has 3 N–H and O–H groups in total. The van der Waals surface area contributed by atoms with Crippen LogP contribution in [0.4, 0.5) is 18.9 Å². The first kappa shape index (κ1) is 22.6. The molecule has 0 spiro atoms. The van der Waals surface area contributed by atoms with E-state index in [0.717, 1.165) is 0 Å². The van der Waals surface area contributed by atoms with E-state index < -0.39 is 41.7 Å². The van der Waals surface area contributed by atoms with Crippen LogP contribution in [-0.2, 0) is 17.3 Å². The van der Waals surface area contributed by atoms with Crippen LogP contribution in [0.1, 0.15) is 45.7 Å². The lowest BCUT2D eigenvalue weighted by Crippen LogP contribution is -2.55. The van der Waals surface area contributed by atoms with E-state index in [4.69, 9.17) is 4.74 Å². The number of methoxy groups -OCH3 is 1. The number of aromatic carboxylic acids is 1. The zero-order valence-corrected chi connectivity index (χ0v) is 17.0. The minimum Gasteiger partial charge on any atom is -0.478 e. The van der Waals surface area contributed by atoms with Crippen molar-refractivity contribution < 1.29 is 32.6 Å². The summed E-state index contributed by atoms with van der Waals surface area (Å²) >= 11 is 0. The fourth-order valence-electron chi connectivity index (χ4n) is 3.63. The number of amides is 1. The summed E-state index contributed by atoms with van der Waals surface area (Å²) in [5, 5.41) is 11.9. The Morgan fingerprint density at radius 1 is 1.39 bits per heavy atom. The van der Waals surface area contributed by atoms with Gasteiger partial charge in [0.25, 0.3) is 5.91 Å². The number of hydrogen-bond acceptors (Lipinski definition) is 5. The molecule has 168 valence electrons. The van der Waals surface area contributed by atoms with Crippen molar-refractivity contribution in [3.63, 3.8) is 0 Å². The molecule has 2 atom stereocenters. The van der Waals surface area contributed by atoms with E-state index in [-0.39, 0.29) is 17.7 Å². The summed E-state index contributed by atoms with van der Waals surface area (Å²) in [4.78, 5) is 31.6. The topological polar surface area (TPSA) is 108 Å². The molecule has 0 aliphatic carbocycles. The molecule has 1 aromatic heterocycles. The Hall–Kier alpha value is -3.08. The Morgan fingerprint density at radius 3 is 2.71 bits per heavy atom. The maximum atomic E-state index is 13.1. The van der Waals surface area contributed by atoms with E-state index in [1.54, 1.807) is 25.1 Å². The summed E-state index contributed by atoms with van der Waals surface area (Å²) in [7, 11) is 1.48. The molecule has 2 heterocycles. The molecule has 2 unspecified atom stereocenters. The van der Waals surface area contributed by atoms with Crippen LogP contribution < -0.4 is 10.2 Å². The third-order valence-corrected chi connectivity index (χ3v) is 5.25. The van der Waals surface area contributed by atoms with E-state index in [1.807, 2.05) is 4.90 Å². The number of piperidine rings is 1. The number of carboxylic acids is 1. The third-order valence-electron chi connectivity index (χ3n) is 5.25. The number of carbonyl (C=O) groups excluding carboxylic acids is 1. The number of aromatic nitrogens is 2. The summed E-state index contributed by atoms with van der Waals surface area (Å²) in [6.45, 7) is 2.41. The van der Waals surface area contributed by atoms with Crippen molar-refractivity contribution in [3.05, 3.63) is 47.0 Å². The molecule has 1 fully saturated rings. The van der Waals surface area contributed by atoms with Gasteiger partial charge in [0.1, 0.15) is 0 Å². The Bertz CT molecular complexity index is 960. The average Bonchev–Trinajstić information content (AvgIpc) is 3.19. The standard InChI is InChI=1S/C20H23F3N4O4/c1-3-13-16(20(21,22)23)26-17(24-13)18(28)25-14-7-8-27(10-15(14)31-2)12-6-4-5-11(9-12)19(29)30/h4-6,9,14-15H,3,7-8,10H2,1-2H3,(H,24,26)(H,25,28)(H,29,30). The molecule has 1 aliphatic rings. The highest BCUT2D eigenvalue weighted by atomic mass is 19.4. The molecule has 8 nitrogen and oxygen atoms in total. The number of alkyl halides is 3. The number of rotatable bonds is 6. The fourth-order valence-corrected chi connectivity index (χ4v) is 3.63. The van der Waals surface area contributed by atoms with E-state index in [2.05, 4.69) is 15.3 Å². The zero-order chi connectivity index (χ0) is 22.8. The normalized spacial score (nSPS) is 19.3. The monoisotopic (exact) mass is 440 g/mol. The molecular formula is C20H23F3N4O4. The fraction of sp³-hybridized carbons (Fsp3) is 0.450. The number of anilines is 1. The van der Waals surface area contributed by atoms with E-state index in [1.165, 1.54) is 13.2 Å². The Labute approximate surface area is 176 Å². The molecule has 31 heavy (non-hydrogen) atoms. The van der Waals surface area contributed by atoms with Crippen LogP contribution in [0.2, 0.25) is 0 Å². The van der Waals surface area contributed by atoms with Gasteiger partial charge in [0.2, 0.25) is 0 Å². The van der Waals surface area contributed by atoms with Crippen LogP contribution in [0.3, 0.4) is 0 Å². The van der Waals surface area contributed by atoms with Crippen LogP contribution in [-0.4, -0.2) is 59.3 Å². The number of benzene rings is 1. The van der Waals surface area contributed by atoms with Crippen LogP contribution in [0.5, 0.6) is 0 Å². The van der Waals surface area contributed by atoms with Gasteiger partial charge in [-0.25, -0.2) is 9.78 Å². The second-order valence-electron chi connectivity index (χ2n) is 7.21. The van der Waals surface area contributed by atoms with Crippen LogP contribution in [0.25, 0.3) is 0 Å². The lowest BCUT2D eigenvalue weighted by Gasteiger charge is -2.39. The molecule has 0 radical (unpaired) electrons. The van der Waals surface area contributed by atoms with Crippen molar-refractivity contribution >= 4 is 17.6 Å². The smallest absolute Gasteiger partial charge is 0.435 e. The number of aromatic amines is 1. The van der Waals surface area contributed by atoms with Gasteiger partial charge in [-0.1, -0.05) is 13.0 Å². The zero-order valence-electron chi connectivity index (χ0n) is 17.0. The Morgan fingerprint density at radius 2 is 2.13 bits per heavy atom. The number of nitrogens with one attached hydrogen (secondary N) is 2.